The molecule has 0 spiro atoms. The van der Waals surface area contributed by atoms with E-state index in [2.05, 4.69) is 0 Å². The van der Waals surface area contributed by atoms with Gasteiger partial charge in [-0.25, -0.2) is 0 Å². The summed E-state index contributed by atoms with van der Waals surface area (Å²) >= 11 is 5.54. The SMILES string of the molecule is C[C@H](C(=O)Cl)c1ccccc1C(=O)c1ccccc1. The molecule has 2 aromatic rings. The second-order valence-corrected chi connectivity index (χ2v) is 4.68. The van der Waals surface area contributed by atoms with Gasteiger partial charge in [0, 0.05) is 11.1 Å². The highest BCUT2D eigenvalue weighted by molar-refractivity contribution is 6.64. The summed E-state index contributed by atoms with van der Waals surface area (Å²) < 4.78 is 0. The molecule has 2 nitrogen and oxygen atoms in total. The Kier molecular flexibility index (Phi) is 4.13. The maximum Gasteiger partial charge on any atom is 0.228 e. The van der Waals surface area contributed by atoms with Crippen LogP contribution in [0.5, 0.6) is 0 Å². The van der Waals surface area contributed by atoms with Crippen molar-refractivity contribution in [1.29, 1.82) is 0 Å². The van der Waals surface area contributed by atoms with Crippen LogP contribution >= 0.6 is 11.6 Å². The quantitative estimate of drug-likeness (QED) is 0.627. The van der Waals surface area contributed by atoms with Gasteiger partial charge in [-0.05, 0) is 17.2 Å². The molecule has 0 radical (unpaired) electrons. The third kappa shape index (κ3) is 2.91. The molecule has 0 aromatic heterocycles. The maximum atomic E-state index is 12.4. The van der Waals surface area contributed by atoms with Crippen LogP contribution in [0, 0.1) is 0 Å². The number of carbonyl (C=O) groups is 2. The summed E-state index contributed by atoms with van der Waals surface area (Å²) in [7, 11) is 0. The summed E-state index contributed by atoms with van der Waals surface area (Å²) in [6, 6.07) is 16.1. The Balaban J connectivity index is 2.46. The van der Waals surface area contributed by atoms with E-state index in [9.17, 15) is 9.59 Å². The van der Waals surface area contributed by atoms with Crippen LogP contribution in [0.2, 0.25) is 0 Å². The van der Waals surface area contributed by atoms with Crippen molar-refractivity contribution in [2.24, 2.45) is 0 Å². The molecule has 0 unspecified atom stereocenters. The predicted octanol–water partition coefficient (Wildman–Crippen LogP) is 3.79. The summed E-state index contributed by atoms with van der Waals surface area (Å²) in [6.07, 6.45) is 0. The molecule has 2 aromatic carbocycles. The zero-order chi connectivity index (χ0) is 13.8. The van der Waals surface area contributed by atoms with Gasteiger partial charge in [-0.15, -0.1) is 0 Å². The first-order chi connectivity index (χ1) is 9.11. The molecule has 0 saturated heterocycles. The first-order valence-corrected chi connectivity index (χ1v) is 6.37. The van der Waals surface area contributed by atoms with Crippen molar-refractivity contribution < 1.29 is 9.59 Å². The van der Waals surface area contributed by atoms with Crippen LogP contribution in [-0.4, -0.2) is 11.0 Å². The third-order valence-corrected chi connectivity index (χ3v) is 3.38. The Hall–Kier alpha value is -1.93. The van der Waals surface area contributed by atoms with E-state index >= 15 is 0 Å². The molecule has 2 rings (SSSR count). The van der Waals surface area contributed by atoms with E-state index in [4.69, 9.17) is 11.6 Å². The van der Waals surface area contributed by atoms with Gasteiger partial charge in [0.25, 0.3) is 0 Å². The Morgan fingerprint density at radius 1 is 0.947 bits per heavy atom. The fourth-order valence-corrected chi connectivity index (χ4v) is 2.07. The lowest BCUT2D eigenvalue weighted by molar-refractivity contribution is -0.112. The van der Waals surface area contributed by atoms with Gasteiger partial charge in [0.1, 0.15) is 0 Å². The maximum absolute atomic E-state index is 12.4. The Morgan fingerprint density at radius 3 is 2.16 bits per heavy atom. The molecule has 0 aliphatic rings. The summed E-state index contributed by atoms with van der Waals surface area (Å²) in [5.41, 5.74) is 1.79. The second kappa shape index (κ2) is 5.81. The van der Waals surface area contributed by atoms with Crippen LogP contribution in [0.1, 0.15) is 34.3 Å². The van der Waals surface area contributed by atoms with Crippen LogP contribution in [0.25, 0.3) is 0 Å². The van der Waals surface area contributed by atoms with Gasteiger partial charge < -0.3 is 0 Å². The van der Waals surface area contributed by atoms with Crippen molar-refractivity contribution in [1.82, 2.24) is 0 Å². The second-order valence-electron chi connectivity index (χ2n) is 4.31. The van der Waals surface area contributed by atoms with Gasteiger partial charge in [0.05, 0.1) is 5.92 Å². The van der Waals surface area contributed by atoms with E-state index in [1.165, 1.54) is 0 Å². The molecule has 0 saturated carbocycles. The monoisotopic (exact) mass is 272 g/mol. The molecule has 19 heavy (non-hydrogen) atoms. The number of ketones is 1. The molecule has 0 fully saturated rings. The summed E-state index contributed by atoms with van der Waals surface area (Å²) in [5, 5.41) is -0.465. The Morgan fingerprint density at radius 2 is 1.53 bits per heavy atom. The topological polar surface area (TPSA) is 34.1 Å². The van der Waals surface area contributed by atoms with Crippen LogP contribution in [0.15, 0.2) is 54.6 Å². The summed E-state index contributed by atoms with van der Waals surface area (Å²) in [5.74, 6) is -0.591. The van der Waals surface area contributed by atoms with Gasteiger partial charge in [0.2, 0.25) is 5.24 Å². The van der Waals surface area contributed by atoms with Crippen molar-refractivity contribution in [3.63, 3.8) is 0 Å². The Bertz CT molecular complexity index is 605. The van der Waals surface area contributed by atoms with Crippen molar-refractivity contribution in [2.45, 2.75) is 12.8 Å². The molecule has 96 valence electrons. The number of benzene rings is 2. The van der Waals surface area contributed by atoms with E-state index < -0.39 is 11.2 Å². The fraction of sp³-hybridized carbons (Fsp3) is 0.125. The molecule has 0 amide bonds. The molecule has 1 atom stereocenters. The van der Waals surface area contributed by atoms with E-state index in [0.717, 1.165) is 0 Å². The molecular weight excluding hydrogens is 260 g/mol. The number of halogens is 1. The number of hydrogen-bond donors (Lipinski definition) is 0. The van der Waals surface area contributed by atoms with Crippen LogP contribution in [0.3, 0.4) is 0 Å². The molecule has 0 heterocycles. The lowest BCUT2D eigenvalue weighted by Gasteiger charge is -2.12. The van der Waals surface area contributed by atoms with E-state index in [1.807, 2.05) is 18.2 Å². The van der Waals surface area contributed by atoms with Gasteiger partial charge in [-0.1, -0.05) is 61.5 Å². The van der Waals surface area contributed by atoms with E-state index in [1.54, 1.807) is 43.3 Å². The van der Waals surface area contributed by atoms with Crippen molar-refractivity contribution in [3.8, 4) is 0 Å². The predicted molar refractivity (Wildman–Crippen MR) is 75.6 cm³/mol. The zero-order valence-corrected chi connectivity index (χ0v) is 11.2. The summed E-state index contributed by atoms with van der Waals surface area (Å²) in [6.45, 7) is 1.70. The highest BCUT2D eigenvalue weighted by Gasteiger charge is 2.20. The lowest BCUT2D eigenvalue weighted by Crippen LogP contribution is -2.10. The van der Waals surface area contributed by atoms with Crippen LogP contribution in [-0.2, 0) is 4.79 Å². The van der Waals surface area contributed by atoms with Gasteiger partial charge in [-0.3, -0.25) is 9.59 Å². The fourth-order valence-electron chi connectivity index (χ4n) is 1.95. The first kappa shape index (κ1) is 13.5. The van der Waals surface area contributed by atoms with Crippen molar-refractivity contribution in [2.75, 3.05) is 0 Å². The van der Waals surface area contributed by atoms with E-state index in [0.29, 0.717) is 16.7 Å². The largest absolute Gasteiger partial charge is 0.289 e. The normalized spacial score (nSPS) is 11.9. The van der Waals surface area contributed by atoms with Gasteiger partial charge in [0.15, 0.2) is 5.78 Å². The minimum Gasteiger partial charge on any atom is -0.289 e. The van der Waals surface area contributed by atoms with E-state index in [-0.39, 0.29) is 5.78 Å². The first-order valence-electron chi connectivity index (χ1n) is 5.99. The van der Waals surface area contributed by atoms with Crippen molar-refractivity contribution >= 4 is 22.6 Å². The van der Waals surface area contributed by atoms with Gasteiger partial charge >= 0.3 is 0 Å². The minimum atomic E-state index is -0.495. The number of carbonyl (C=O) groups excluding carboxylic acids is 2. The average molecular weight is 273 g/mol. The molecule has 3 heteroatoms. The Labute approximate surface area is 117 Å². The lowest BCUT2D eigenvalue weighted by atomic mass is 9.92. The zero-order valence-electron chi connectivity index (χ0n) is 10.5. The molecule has 0 N–H and O–H groups in total. The third-order valence-electron chi connectivity index (χ3n) is 3.05. The standard InChI is InChI=1S/C16H13ClO2/c1-11(16(17)19)13-9-5-6-10-14(13)15(18)12-7-3-2-4-8-12/h2-11H,1H3/t11-/m0/s1. The smallest absolute Gasteiger partial charge is 0.228 e. The van der Waals surface area contributed by atoms with Crippen LogP contribution < -0.4 is 0 Å². The molecule has 0 bridgehead atoms. The highest BCUT2D eigenvalue weighted by atomic mass is 35.5. The minimum absolute atomic E-state index is 0.0963. The van der Waals surface area contributed by atoms with Gasteiger partial charge in [-0.2, -0.15) is 0 Å². The number of rotatable bonds is 4. The molecule has 0 aliphatic carbocycles. The highest BCUT2D eigenvalue weighted by Crippen LogP contribution is 2.24. The average Bonchev–Trinajstić information content (AvgIpc) is 2.46. The van der Waals surface area contributed by atoms with Crippen LogP contribution in [0.4, 0.5) is 0 Å². The van der Waals surface area contributed by atoms with Crippen molar-refractivity contribution in [3.05, 3.63) is 71.3 Å². The number of hydrogen-bond acceptors (Lipinski definition) is 2. The molecular formula is C16H13ClO2. The summed E-state index contributed by atoms with van der Waals surface area (Å²) in [4.78, 5) is 23.7. The molecule has 0 aliphatic heterocycles.